The van der Waals surface area contributed by atoms with Gasteiger partial charge in [-0.05, 0) is 72.2 Å². The number of amides is 1. The lowest BCUT2D eigenvalue weighted by Crippen LogP contribution is -2.30. The number of nitrogens with zero attached hydrogens (tertiary/aromatic N) is 2. The Bertz CT molecular complexity index is 1560. The summed E-state index contributed by atoms with van der Waals surface area (Å²) in [5, 5.41) is 12.4. The number of carbonyl (C=O) groups excluding carboxylic acids is 1. The van der Waals surface area contributed by atoms with Gasteiger partial charge in [-0.3, -0.25) is 14.4 Å². The maximum Gasteiger partial charge on any atom is 0.307 e. The highest BCUT2D eigenvalue weighted by Gasteiger charge is 2.44. The largest absolute Gasteiger partial charge is 0.481 e. The van der Waals surface area contributed by atoms with Gasteiger partial charge in [-0.1, -0.05) is 37.3 Å². The summed E-state index contributed by atoms with van der Waals surface area (Å²) in [6.45, 7) is 4.47. The first-order valence-electron chi connectivity index (χ1n) is 12.1. The van der Waals surface area contributed by atoms with E-state index in [-0.39, 0.29) is 22.8 Å². The van der Waals surface area contributed by atoms with Crippen molar-refractivity contribution >= 4 is 22.9 Å². The average molecular weight is 482 g/mol. The smallest absolute Gasteiger partial charge is 0.307 e. The number of nitrogens with one attached hydrogen (secondary N) is 1. The molecule has 0 saturated heterocycles. The maximum absolute atomic E-state index is 13.1. The Hall–Kier alpha value is -4.26. The van der Waals surface area contributed by atoms with Crippen LogP contribution in [0, 0.1) is 12.8 Å². The van der Waals surface area contributed by atoms with Crippen molar-refractivity contribution in [1.29, 1.82) is 0 Å². The molecule has 2 heterocycles. The quantitative estimate of drug-likeness (QED) is 0.399. The molecule has 0 bridgehead atoms. The number of benzene rings is 2. The third-order valence-corrected chi connectivity index (χ3v) is 6.76. The lowest BCUT2D eigenvalue weighted by molar-refractivity contribution is -0.138. The number of carboxylic acids is 1. The molecule has 2 aromatic carbocycles. The Kier molecular flexibility index (Phi) is 6.14. The van der Waals surface area contributed by atoms with Gasteiger partial charge in [0, 0.05) is 24.6 Å². The van der Waals surface area contributed by atoms with Gasteiger partial charge in [-0.15, -0.1) is 0 Å². The SMILES string of the molecule is CCCNC(=O)c1cn(-c2cccc(-c3ccc(C4CC4C(=O)O)cc3C)c2)c2ncccc2c1=O. The van der Waals surface area contributed by atoms with Crippen LogP contribution in [0.2, 0.25) is 0 Å². The van der Waals surface area contributed by atoms with Crippen molar-refractivity contribution in [2.75, 3.05) is 6.54 Å². The highest BCUT2D eigenvalue weighted by atomic mass is 16.4. The summed E-state index contributed by atoms with van der Waals surface area (Å²) in [6.07, 6.45) is 4.65. The van der Waals surface area contributed by atoms with E-state index in [9.17, 15) is 19.5 Å². The normalized spacial score (nSPS) is 16.6. The van der Waals surface area contributed by atoms with Crippen LogP contribution in [0.3, 0.4) is 0 Å². The van der Waals surface area contributed by atoms with Gasteiger partial charge in [0.05, 0.1) is 11.3 Å². The fourth-order valence-electron chi connectivity index (χ4n) is 4.75. The van der Waals surface area contributed by atoms with Crippen molar-refractivity contribution in [2.45, 2.75) is 32.6 Å². The van der Waals surface area contributed by atoms with Gasteiger partial charge < -0.3 is 15.0 Å². The lowest BCUT2D eigenvalue weighted by Gasteiger charge is -2.15. The number of aromatic nitrogens is 2. The first-order valence-corrected chi connectivity index (χ1v) is 12.1. The maximum atomic E-state index is 13.1. The van der Waals surface area contributed by atoms with Gasteiger partial charge in [0.2, 0.25) is 5.43 Å². The van der Waals surface area contributed by atoms with Crippen LogP contribution in [0.4, 0.5) is 0 Å². The Morgan fingerprint density at radius 3 is 2.69 bits per heavy atom. The van der Waals surface area contributed by atoms with Gasteiger partial charge in [0.1, 0.15) is 11.2 Å². The third-order valence-electron chi connectivity index (χ3n) is 6.76. The van der Waals surface area contributed by atoms with Crippen molar-refractivity contribution in [3.05, 3.63) is 93.9 Å². The summed E-state index contributed by atoms with van der Waals surface area (Å²) in [7, 11) is 0. The molecule has 1 aliphatic rings. The zero-order chi connectivity index (χ0) is 25.4. The number of aliphatic carboxylic acids is 1. The van der Waals surface area contributed by atoms with Crippen LogP contribution in [0.5, 0.6) is 0 Å². The van der Waals surface area contributed by atoms with E-state index in [2.05, 4.69) is 16.4 Å². The highest BCUT2D eigenvalue weighted by Crippen LogP contribution is 2.48. The molecular weight excluding hydrogens is 454 g/mol. The Morgan fingerprint density at radius 2 is 1.97 bits per heavy atom. The molecule has 7 nitrogen and oxygen atoms in total. The van der Waals surface area contributed by atoms with E-state index in [4.69, 9.17) is 0 Å². The number of carboxylic acid groups (broad SMARTS) is 1. The molecule has 36 heavy (non-hydrogen) atoms. The second kappa shape index (κ2) is 9.41. The van der Waals surface area contributed by atoms with E-state index in [0.717, 1.165) is 34.4 Å². The number of hydrogen-bond acceptors (Lipinski definition) is 4. The molecule has 1 saturated carbocycles. The number of carbonyl (C=O) groups is 2. The lowest BCUT2D eigenvalue weighted by atomic mass is 9.96. The molecule has 7 heteroatoms. The summed E-state index contributed by atoms with van der Waals surface area (Å²) >= 11 is 0. The number of fused-ring (bicyclic) bond motifs is 1. The fraction of sp³-hybridized carbons (Fsp3) is 0.241. The minimum absolute atomic E-state index is 0.0762. The Labute approximate surface area is 208 Å². The standard InChI is InChI=1S/C29H27N3O4/c1-3-11-31-28(34)25-16-32(27-22(26(25)33)8-5-12-30-27)20-7-4-6-18(14-20)21-10-9-19(13-17(21)2)23-15-24(23)29(35)36/h4-10,12-14,16,23-24H,3,11,15H2,1-2H3,(H,31,34)(H,35,36). The molecule has 2 unspecified atom stereocenters. The molecule has 182 valence electrons. The molecule has 1 fully saturated rings. The predicted octanol–water partition coefficient (Wildman–Crippen LogP) is 4.69. The van der Waals surface area contributed by atoms with E-state index < -0.39 is 11.9 Å². The predicted molar refractivity (Wildman–Crippen MR) is 139 cm³/mol. The van der Waals surface area contributed by atoms with Crippen molar-refractivity contribution in [3.8, 4) is 16.8 Å². The van der Waals surface area contributed by atoms with E-state index in [1.54, 1.807) is 29.1 Å². The molecule has 0 radical (unpaired) electrons. The molecule has 2 N–H and O–H groups in total. The molecule has 1 aliphatic carbocycles. The second-order valence-electron chi connectivity index (χ2n) is 9.28. The molecule has 2 aromatic heterocycles. The minimum atomic E-state index is -0.737. The van der Waals surface area contributed by atoms with Gasteiger partial charge in [0.15, 0.2) is 0 Å². The highest BCUT2D eigenvalue weighted by molar-refractivity contribution is 5.97. The monoisotopic (exact) mass is 481 g/mol. The van der Waals surface area contributed by atoms with E-state index >= 15 is 0 Å². The average Bonchev–Trinajstić information content (AvgIpc) is 3.69. The van der Waals surface area contributed by atoms with Crippen LogP contribution >= 0.6 is 0 Å². The van der Waals surface area contributed by atoms with E-state index in [0.29, 0.717) is 24.0 Å². The number of aryl methyl sites for hydroxylation is 1. The number of pyridine rings is 2. The van der Waals surface area contributed by atoms with Gasteiger partial charge >= 0.3 is 5.97 Å². The molecule has 2 atom stereocenters. The van der Waals surface area contributed by atoms with Crippen LogP contribution < -0.4 is 10.7 Å². The van der Waals surface area contributed by atoms with E-state index in [1.807, 2.05) is 50.2 Å². The summed E-state index contributed by atoms with van der Waals surface area (Å²) in [4.78, 5) is 41.5. The molecule has 4 aromatic rings. The molecule has 0 aliphatic heterocycles. The van der Waals surface area contributed by atoms with Crippen molar-refractivity contribution in [2.24, 2.45) is 5.92 Å². The molecule has 0 spiro atoms. The van der Waals surface area contributed by atoms with Crippen LogP contribution in [0.15, 0.2) is 71.8 Å². The zero-order valence-corrected chi connectivity index (χ0v) is 20.2. The van der Waals surface area contributed by atoms with Crippen molar-refractivity contribution in [3.63, 3.8) is 0 Å². The van der Waals surface area contributed by atoms with Gasteiger partial charge in [-0.2, -0.15) is 0 Å². The van der Waals surface area contributed by atoms with Gasteiger partial charge in [0.25, 0.3) is 5.91 Å². The summed E-state index contributed by atoms with van der Waals surface area (Å²) in [6, 6.07) is 17.4. The van der Waals surface area contributed by atoms with Gasteiger partial charge in [-0.25, -0.2) is 4.98 Å². The van der Waals surface area contributed by atoms with Crippen molar-refractivity contribution in [1.82, 2.24) is 14.9 Å². The molecule has 5 rings (SSSR count). The summed E-state index contributed by atoms with van der Waals surface area (Å²) in [5.41, 5.74) is 5.11. The fourth-order valence-corrected chi connectivity index (χ4v) is 4.75. The molecule has 1 amide bonds. The van der Waals surface area contributed by atoms with Crippen LogP contribution in [0.1, 0.15) is 47.2 Å². The number of rotatable bonds is 7. The zero-order valence-electron chi connectivity index (χ0n) is 20.2. The van der Waals surface area contributed by atoms with Crippen molar-refractivity contribution < 1.29 is 14.7 Å². The van der Waals surface area contributed by atoms with Crippen LogP contribution in [-0.4, -0.2) is 33.1 Å². The Morgan fingerprint density at radius 1 is 1.14 bits per heavy atom. The van der Waals surface area contributed by atoms with Crippen LogP contribution in [-0.2, 0) is 4.79 Å². The molecular formula is C29H27N3O4. The van der Waals surface area contributed by atoms with Crippen LogP contribution in [0.25, 0.3) is 27.8 Å². The van der Waals surface area contributed by atoms with E-state index in [1.165, 1.54) is 0 Å². The topological polar surface area (TPSA) is 101 Å². The summed E-state index contributed by atoms with van der Waals surface area (Å²) < 4.78 is 1.78. The minimum Gasteiger partial charge on any atom is -0.481 e. The number of hydrogen-bond donors (Lipinski definition) is 2. The first-order chi connectivity index (χ1) is 17.4. The first kappa shape index (κ1) is 23.5. The summed E-state index contributed by atoms with van der Waals surface area (Å²) in [5.74, 6) is -1.34. The Balaban J connectivity index is 1.57. The second-order valence-corrected chi connectivity index (χ2v) is 9.28. The third kappa shape index (κ3) is 4.28.